The zero-order valence-corrected chi connectivity index (χ0v) is 21.5. The van der Waals surface area contributed by atoms with Gasteiger partial charge in [-0.05, 0) is 48.6 Å². The monoisotopic (exact) mass is 553 g/mol. The SMILES string of the molecule is O=C(c1ncccn1)N1COC2C1C(c1cccc(Cl)c1F)C1(C(=O)Nc3cc(Cl)ccc31)N2CC1CC1. The Bertz CT molecular complexity index is 1470. The summed E-state index contributed by atoms with van der Waals surface area (Å²) in [5.41, 5.74) is 0.0964. The maximum absolute atomic E-state index is 15.9. The van der Waals surface area contributed by atoms with E-state index in [0.717, 1.165) is 12.8 Å². The first-order valence-electron chi connectivity index (χ1n) is 12.4. The van der Waals surface area contributed by atoms with Gasteiger partial charge in [0.1, 0.15) is 24.3 Å². The number of halogens is 3. The number of hydrogen-bond acceptors (Lipinski definition) is 6. The van der Waals surface area contributed by atoms with E-state index < -0.39 is 35.5 Å². The fraction of sp³-hybridized carbons (Fsp3) is 0.333. The highest BCUT2D eigenvalue weighted by molar-refractivity contribution is 6.31. The Morgan fingerprint density at radius 1 is 1.16 bits per heavy atom. The minimum atomic E-state index is -1.36. The number of nitrogens with zero attached hydrogens (tertiary/aromatic N) is 4. The smallest absolute Gasteiger partial charge is 0.293 e. The average Bonchev–Trinajstić information content (AvgIpc) is 3.48. The van der Waals surface area contributed by atoms with Crippen molar-refractivity contribution in [3.63, 3.8) is 0 Å². The van der Waals surface area contributed by atoms with Gasteiger partial charge >= 0.3 is 0 Å². The van der Waals surface area contributed by atoms with Crippen molar-refractivity contribution in [2.24, 2.45) is 5.92 Å². The van der Waals surface area contributed by atoms with E-state index in [0.29, 0.717) is 28.7 Å². The van der Waals surface area contributed by atoms with Gasteiger partial charge in [0.15, 0.2) is 0 Å². The van der Waals surface area contributed by atoms with Crippen LogP contribution in [0.2, 0.25) is 10.0 Å². The van der Waals surface area contributed by atoms with Crippen LogP contribution in [0.1, 0.15) is 40.5 Å². The molecule has 1 aromatic heterocycles. The molecular weight excluding hydrogens is 532 g/mol. The van der Waals surface area contributed by atoms with Gasteiger partial charge in [0.25, 0.3) is 5.91 Å². The molecule has 4 heterocycles. The molecule has 8 nitrogen and oxygen atoms in total. The summed E-state index contributed by atoms with van der Waals surface area (Å²) in [6, 6.07) is 10.9. The Morgan fingerprint density at radius 2 is 1.95 bits per heavy atom. The van der Waals surface area contributed by atoms with Crippen LogP contribution < -0.4 is 5.32 Å². The van der Waals surface area contributed by atoms with Gasteiger partial charge in [0.05, 0.1) is 11.1 Å². The van der Waals surface area contributed by atoms with Crippen molar-refractivity contribution in [3.8, 4) is 0 Å². The highest BCUT2D eigenvalue weighted by Crippen LogP contribution is 2.61. The minimum absolute atomic E-state index is 0.000172. The van der Waals surface area contributed by atoms with E-state index in [9.17, 15) is 9.59 Å². The highest BCUT2D eigenvalue weighted by Gasteiger charge is 2.71. The lowest BCUT2D eigenvalue weighted by Crippen LogP contribution is -2.53. The average molecular weight is 554 g/mol. The van der Waals surface area contributed by atoms with Crippen molar-refractivity contribution >= 4 is 40.7 Å². The van der Waals surface area contributed by atoms with E-state index in [1.165, 1.54) is 23.4 Å². The number of likely N-dealkylation sites (tertiary alicyclic amines) is 1. The molecule has 4 unspecified atom stereocenters. The number of benzene rings is 2. The fourth-order valence-electron chi connectivity index (χ4n) is 6.35. The normalized spacial score (nSPS) is 28.0. The molecule has 3 aromatic rings. The molecule has 3 aliphatic heterocycles. The molecule has 38 heavy (non-hydrogen) atoms. The molecule has 4 atom stereocenters. The Morgan fingerprint density at radius 3 is 2.71 bits per heavy atom. The van der Waals surface area contributed by atoms with Crippen molar-refractivity contribution in [3.05, 3.63) is 87.7 Å². The van der Waals surface area contributed by atoms with Gasteiger partial charge in [0.2, 0.25) is 11.7 Å². The molecule has 7 rings (SSSR count). The molecule has 1 saturated carbocycles. The summed E-state index contributed by atoms with van der Waals surface area (Å²) in [4.78, 5) is 39.7. The first-order chi connectivity index (χ1) is 18.4. The zero-order chi connectivity index (χ0) is 26.2. The van der Waals surface area contributed by atoms with Crippen LogP contribution in [-0.4, -0.2) is 57.1 Å². The number of amides is 2. The van der Waals surface area contributed by atoms with Gasteiger partial charge in [-0.3, -0.25) is 14.5 Å². The largest absolute Gasteiger partial charge is 0.340 e. The number of nitrogens with one attached hydrogen (secondary N) is 1. The third kappa shape index (κ3) is 3.35. The Kier molecular flexibility index (Phi) is 5.49. The Labute approximate surface area is 227 Å². The summed E-state index contributed by atoms with van der Waals surface area (Å²) in [6.07, 6.45) is 4.36. The summed E-state index contributed by atoms with van der Waals surface area (Å²) < 4.78 is 22.2. The van der Waals surface area contributed by atoms with Crippen molar-refractivity contribution in [2.75, 3.05) is 18.6 Å². The Hall–Kier alpha value is -3.11. The predicted molar refractivity (Wildman–Crippen MR) is 137 cm³/mol. The molecule has 4 aliphatic rings. The lowest BCUT2D eigenvalue weighted by molar-refractivity contribution is -0.134. The van der Waals surface area contributed by atoms with Crippen LogP contribution in [0.3, 0.4) is 0 Å². The summed E-state index contributed by atoms with van der Waals surface area (Å²) in [6.45, 7) is 0.511. The van der Waals surface area contributed by atoms with E-state index in [2.05, 4.69) is 15.3 Å². The molecule has 2 saturated heterocycles. The van der Waals surface area contributed by atoms with Crippen LogP contribution in [0.5, 0.6) is 0 Å². The van der Waals surface area contributed by atoms with Crippen LogP contribution in [-0.2, 0) is 15.1 Å². The molecule has 0 bridgehead atoms. The predicted octanol–water partition coefficient (Wildman–Crippen LogP) is 4.40. The van der Waals surface area contributed by atoms with Crippen LogP contribution >= 0.6 is 23.2 Å². The number of ether oxygens (including phenoxy) is 1. The lowest BCUT2D eigenvalue weighted by atomic mass is 9.73. The minimum Gasteiger partial charge on any atom is -0.340 e. The molecule has 194 valence electrons. The van der Waals surface area contributed by atoms with Gasteiger partial charge in [0, 0.05) is 41.1 Å². The first-order valence-corrected chi connectivity index (χ1v) is 13.2. The molecule has 1 N–H and O–H groups in total. The van der Waals surface area contributed by atoms with Gasteiger partial charge in [-0.1, -0.05) is 41.4 Å². The van der Waals surface area contributed by atoms with Crippen LogP contribution in [0.15, 0.2) is 54.9 Å². The number of aromatic nitrogens is 2. The van der Waals surface area contributed by atoms with Gasteiger partial charge in [-0.25, -0.2) is 14.4 Å². The Balaban J connectivity index is 1.47. The number of anilines is 1. The quantitative estimate of drug-likeness (QED) is 0.515. The summed E-state index contributed by atoms with van der Waals surface area (Å²) >= 11 is 12.6. The third-order valence-corrected chi connectivity index (χ3v) is 8.59. The number of carbonyl (C=O) groups is 2. The van der Waals surface area contributed by atoms with Crippen LogP contribution in [0.25, 0.3) is 0 Å². The summed E-state index contributed by atoms with van der Waals surface area (Å²) in [7, 11) is 0. The number of hydrogen-bond donors (Lipinski definition) is 1. The van der Waals surface area contributed by atoms with Gasteiger partial charge < -0.3 is 15.0 Å². The molecule has 3 fully saturated rings. The first kappa shape index (κ1) is 24.0. The van der Waals surface area contributed by atoms with Crippen LogP contribution in [0.4, 0.5) is 10.1 Å². The van der Waals surface area contributed by atoms with E-state index in [1.807, 2.05) is 4.90 Å². The van der Waals surface area contributed by atoms with Crippen molar-refractivity contribution in [1.82, 2.24) is 19.8 Å². The standard InChI is InChI=1S/C27H22Cl2FN5O3/c28-15-7-8-17-19(11-15)33-26(37)27(17)20(16-3-1-4-18(29)21(16)30)22-25(35(27)12-14-5-6-14)38-13-34(22)24(36)23-31-9-2-10-32-23/h1-4,7-11,14,20,22,25H,5-6,12-13H2,(H,33,37). The molecule has 11 heteroatoms. The number of carbonyl (C=O) groups excluding carboxylic acids is 2. The molecule has 2 aromatic carbocycles. The molecule has 1 spiro atoms. The topological polar surface area (TPSA) is 87.7 Å². The molecule has 2 amide bonds. The highest BCUT2D eigenvalue weighted by atomic mass is 35.5. The lowest BCUT2D eigenvalue weighted by Gasteiger charge is -2.40. The van der Waals surface area contributed by atoms with E-state index in [1.54, 1.807) is 36.4 Å². The van der Waals surface area contributed by atoms with Crippen LogP contribution in [0, 0.1) is 11.7 Å². The van der Waals surface area contributed by atoms with E-state index in [4.69, 9.17) is 27.9 Å². The second kappa shape index (κ2) is 8.71. The second-order valence-corrected chi connectivity index (χ2v) is 11.0. The molecule has 1 aliphatic carbocycles. The van der Waals surface area contributed by atoms with E-state index >= 15 is 4.39 Å². The van der Waals surface area contributed by atoms with Gasteiger partial charge in [-0.15, -0.1) is 0 Å². The molecule has 0 radical (unpaired) electrons. The van der Waals surface area contributed by atoms with Crippen molar-refractivity contribution < 1.29 is 18.7 Å². The number of rotatable bonds is 4. The molecular formula is C27H22Cl2FN5O3. The summed E-state index contributed by atoms with van der Waals surface area (Å²) in [5, 5.41) is 3.39. The zero-order valence-electron chi connectivity index (χ0n) is 20.0. The maximum Gasteiger partial charge on any atom is 0.293 e. The van der Waals surface area contributed by atoms with Gasteiger partial charge in [-0.2, -0.15) is 0 Å². The maximum atomic E-state index is 15.9. The van der Waals surface area contributed by atoms with E-state index in [-0.39, 0.29) is 29.0 Å². The fourth-order valence-corrected chi connectivity index (χ4v) is 6.71. The number of fused-ring (bicyclic) bond motifs is 3. The summed E-state index contributed by atoms with van der Waals surface area (Å²) in [5.74, 6) is -1.88. The third-order valence-electron chi connectivity index (χ3n) is 8.06. The second-order valence-electron chi connectivity index (χ2n) is 10.2. The van der Waals surface area contributed by atoms with Crippen molar-refractivity contribution in [2.45, 2.75) is 36.6 Å². The van der Waals surface area contributed by atoms with Crippen molar-refractivity contribution in [1.29, 1.82) is 0 Å².